The standard InChI is InChI=1S/C26H25N5O2S/c1-26(19-10-3-2-4-11-19,18-23-28-20-12-5-6-13-21(20)34-23)24(32)27-15-9-17-31-25(33)30-16-8-7-14-22(30)29-31/h2-8,10-14,16H,9,15,17-18H2,1H3,(H,27,32). The number of thiazole rings is 1. The molecule has 0 radical (unpaired) electrons. The molecule has 0 saturated heterocycles. The molecule has 0 saturated carbocycles. The van der Waals surface area contributed by atoms with Crippen molar-refractivity contribution in [1.29, 1.82) is 0 Å². The first-order chi connectivity index (χ1) is 16.5. The van der Waals surface area contributed by atoms with E-state index in [1.54, 1.807) is 29.7 Å². The van der Waals surface area contributed by atoms with Crippen LogP contribution in [0.1, 0.15) is 23.9 Å². The number of hydrogen-bond donors (Lipinski definition) is 1. The van der Waals surface area contributed by atoms with E-state index in [0.29, 0.717) is 31.6 Å². The van der Waals surface area contributed by atoms with Crippen molar-refractivity contribution < 1.29 is 4.79 Å². The number of carbonyl (C=O) groups is 1. The minimum Gasteiger partial charge on any atom is -0.355 e. The molecular weight excluding hydrogens is 446 g/mol. The maximum atomic E-state index is 13.5. The first-order valence-corrected chi connectivity index (χ1v) is 12.1. The molecule has 8 heteroatoms. The van der Waals surface area contributed by atoms with Crippen molar-refractivity contribution in [3.05, 3.63) is 100 Å². The second-order valence-electron chi connectivity index (χ2n) is 8.49. The van der Waals surface area contributed by atoms with Crippen LogP contribution in [0.25, 0.3) is 15.9 Å². The monoisotopic (exact) mass is 471 g/mol. The van der Waals surface area contributed by atoms with Crippen molar-refractivity contribution in [2.75, 3.05) is 6.54 Å². The average molecular weight is 472 g/mol. The Morgan fingerprint density at radius 1 is 1.03 bits per heavy atom. The normalized spacial score (nSPS) is 13.2. The summed E-state index contributed by atoms with van der Waals surface area (Å²) < 4.78 is 4.08. The predicted octanol–water partition coefficient (Wildman–Crippen LogP) is 3.81. The number of benzene rings is 2. The number of pyridine rings is 1. The van der Waals surface area contributed by atoms with Crippen molar-refractivity contribution in [3.8, 4) is 0 Å². The van der Waals surface area contributed by atoms with E-state index in [0.717, 1.165) is 20.8 Å². The zero-order valence-electron chi connectivity index (χ0n) is 18.8. The highest BCUT2D eigenvalue weighted by molar-refractivity contribution is 7.18. The van der Waals surface area contributed by atoms with Gasteiger partial charge in [0.05, 0.1) is 20.6 Å². The summed E-state index contributed by atoms with van der Waals surface area (Å²) in [7, 11) is 0. The van der Waals surface area contributed by atoms with Crippen LogP contribution in [0.5, 0.6) is 0 Å². The molecule has 1 atom stereocenters. The molecule has 1 amide bonds. The SMILES string of the molecule is CC(Cc1nc2ccccc2s1)(C(=O)NCCCn1nc2ccccn2c1=O)c1ccccc1. The first kappa shape index (κ1) is 22.0. The van der Waals surface area contributed by atoms with Crippen molar-refractivity contribution >= 4 is 33.1 Å². The zero-order valence-corrected chi connectivity index (χ0v) is 19.7. The zero-order chi connectivity index (χ0) is 23.5. The second kappa shape index (κ2) is 9.23. The lowest BCUT2D eigenvalue weighted by Crippen LogP contribution is -2.44. The molecule has 0 fully saturated rings. The van der Waals surface area contributed by atoms with Gasteiger partial charge in [-0.2, -0.15) is 0 Å². The molecule has 3 aromatic heterocycles. The van der Waals surface area contributed by atoms with Crippen LogP contribution in [0, 0.1) is 0 Å². The molecule has 0 aliphatic heterocycles. The summed E-state index contributed by atoms with van der Waals surface area (Å²) in [5, 5.41) is 8.37. The Bertz CT molecular complexity index is 1470. The Morgan fingerprint density at radius 2 is 1.79 bits per heavy atom. The van der Waals surface area contributed by atoms with E-state index in [-0.39, 0.29) is 11.6 Å². The number of rotatable bonds is 8. The number of hydrogen-bond acceptors (Lipinski definition) is 5. The summed E-state index contributed by atoms with van der Waals surface area (Å²) in [5.74, 6) is -0.0553. The average Bonchev–Trinajstić information content (AvgIpc) is 3.42. The summed E-state index contributed by atoms with van der Waals surface area (Å²) in [5.41, 5.74) is 1.57. The molecule has 172 valence electrons. The quantitative estimate of drug-likeness (QED) is 0.349. The van der Waals surface area contributed by atoms with E-state index in [2.05, 4.69) is 16.5 Å². The molecule has 1 unspecified atom stereocenters. The molecule has 1 N–H and O–H groups in total. The Labute approximate surface area is 200 Å². The van der Waals surface area contributed by atoms with Crippen LogP contribution in [0.3, 0.4) is 0 Å². The number of aryl methyl sites for hydroxylation is 1. The van der Waals surface area contributed by atoms with Crippen LogP contribution in [0.15, 0.2) is 83.8 Å². The fourth-order valence-electron chi connectivity index (χ4n) is 4.16. The summed E-state index contributed by atoms with van der Waals surface area (Å²) >= 11 is 1.63. The van der Waals surface area contributed by atoms with Crippen LogP contribution >= 0.6 is 11.3 Å². The van der Waals surface area contributed by atoms with Gasteiger partial charge in [-0.1, -0.05) is 48.5 Å². The number of nitrogens with one attached hydrogen (secondary N) is 1. The van der Waals surface area contributed by atoms with Gasteiger partial charge in [-0.05, 0) is 43.2 Å². The topological polar surface area (TPSA) is 81.3 Å². The van der Waals surface area contributed by atoms with Gasteiger partial charge in [0.25, 0.3) is 0 Å². The number of amides is 1. The van der Waals surface area contributed by atoms with Crippen LogP contribution in [0.4, 0.5) is 0 Å². The van der Waals surface area contributed by atoms with Gasteiger partial charge >= 0.3 is 5.69 Å². The van der Waals surface area contributed by atoms with Gasteiger partial charge in [-0.25, -0.2) is 14.5 Å². The molecule has 2 aromatic carbocycles. The molecule has 5 rings (SSSR count). The predicted molar refractivity (Wildman–Crippen MR) is 134 cm³/mol. The highest BCUT2D eigenvalue weighted by Crippen LogP contribution is 2.32. The molecule has 3 heterocycles. The fourth-order valence-corrected chi connectivity index (χ4v) is 5.28. The van der Waals surface area contributed by atoms with Gasteiger partial charge in [-0.3, -0.25) is 9.20 Å². The summed E-state index contributed by atoms with van der Waals surface area (Å²) in [6, 6.07) is 23.3. The molecule has 0 bridgehead atoms. The molecule has 5 aromatic rings. The van der Waals surface area contributed by atoms with Crippen molar-refractivity contribution in [2.24, 2.45) is 0 Å². The summed E-state index contributed by atoms with van der Waals surface area (Å²) in [6.45, 7) is 2.85. The third-order valence-corrected chi connectivity index (χ3v) is 7.11. The van der Waals surface area contributed by atoms with E-state index in [1.165, 1.54) is 9.08 Å². The fraction of sp³-hybridized carbons (Fsp3) is 0.231. The van der Waals surface area contributed by atoms with Gasteiger partial charge in [0.2, 0.25) is 5.91 Å². The van der Waals surface area contributed by atoms with Crippen LogP contribution < -0.4 is 11.0 Å². The number of carbonyl (C=O) groups excluding carboxylic acids is 1. The largest absolute Gasteiger partial charge is 0.355 e. The van der Waals surface area contributed by atoms with E-state index in [9.17, 15) is 9.59 Å². The maximum absolute atomic E-state index is 13.5. The number of para-hydroxylation sites is 1. The van der Waals surface area contributed by atoms with Crippen molar-refractivity contribution in [1.82, 2.24) is 24.5 Å². The van der Waals surface area contributed by atoms with E-state index in [1.807, 2.05) is 61.5 Å². The lowest BCUT2D eigenvalue weighted by atomic mass is 9.78. The Kier molecular flexibility index (Phi) is 5.98. The third kappa shape index (κ3) is 4.24. The van der Waals surface area contributed by atoms with Crippen LogP contribution in [-0.2, 0) is 23.2 Å². The molecule has 34 heavy (non-hydrogen) atoms. The smallest absolute Gasteiger partial charge is 0.350 e. The number of nitrogens with zero attached hydrogens (tertiary/aromatic N) is 4. The van der Waals surface area contributed by atoms with Gasteiger partial charge in [0.15, 0.2) is 5.65 Å². The minimum atomic E-state index is -0.769. The Balaban J connectivity index is 1.30. The minimum absolute atomic E-state index is 0.0553. The van der Waals surface area contributed by atoms with Gasteiger partial charge in [0, 0.05) is 25.7 Å². The Morgan fingerprint density at radius 3 is 2.59 bits per heavy atom. The molecule has 7 nitrogen and oxygen atoms in total. The maximum Gasteiger partial charge on any atom is 0.350 e. The first-order valence-electron chi connectivity index (χ1n) is 11.3. The van der Waals surface area contributed by atoms with Crippen LogP contribution in [-0.4, -0.2) is 31.6 Å². The van der Waals surface area contributed by atoms with Crippen molar-refractivity contribution in [2.45, 2.75) is 31.7 Å². The van der Waals surface area contributed by atoms with E-state index < -0.39 is 5.41 Å². The number of fused-ring (bicyclic) bond motifs is 2. The Hall–Kier alpha value is -3.78. The number of aromatic nitrogens is 4. The van der Waals surface area contributed by atoms with Gasteiger partial charge < -0.3 is 5.32 Å². The molecule has 0 aliphatic rings. The lowest BCUT2D eigenvalue weighted by molar-refractivity contribution is -0.126. The van der Waals surface area contributed by atoms with E-state index >= 15 is 0 Å². The highest BCUT2D eigenvalue weighted by atomic mass is 32.1. The van der Waals surface area contributed by atoms with Crippen molar-refractivity contribution in [3.63, 3.8) is 0 Å². The molecular formula is C26H25N5O2S. The third-order valence-electron chi connectivity index (χ3n) is 6.08. The molecule has 0 spiro atoms. The second-order valence-corrected chi connectivity index (χ2v) is 9.61. The summed E-state index contributed by atoms with van der Waals surface area (Å²) in [6.07, 6.45) is 2.81. The van der Waals surface area contributed by atoms with Gasteiger partial charge in [0.1, 0.15) is 0 Å². The van der Waals surface area contributed by atoms with Crippen LogP contribution in [0.2, 0.25) is 0 Å². The molecule has 0 aliphatic carbocycles. The lowest BCUT2D eigenvalue weighted by Gasteiger charge is -2.28. The van der Waals surface area contributed by atoms with E-state index in [4.69, 9.17) is 4.98 Å². The summed E-state index contributed by atoms with van der Waals surface area (Å²) in [4.78, 5) is 30.7. The van der Waals surface area contributed by atoms with Gasteiger partial charge in [-0.15, -0.1) is 16.4 Å². The highest BCUT2D eigenvalue weighted by Gasteiger charge is 2.36.